The lowest BCUT2D eigenvalue weighted by Crippen LogP contribution is -2.54. The predicted molar refractivity (Wildman–Crippen MR) is 457 cm³/mol. The number of methoxy groups -OCH3 is 2. The molecule has 0 radical (unpaired) electrons. The van der Waals surface area contributed by atoms with E-state index in [1.54, 1.807) is 38.5 Å². The minimum atomic E-state index is -2.79. The number of esters is 2. The highest BCUT2D eigenvalue weighted by atomic mass is 17.2. The van der Waals surface area contributed by atoms with E-state index in [9.17, 15) is 24.3 Å². The molecule has 4 aromatic carbocycles. The Kier molecular flexibility index (Phi) is 50.5. The monoisotopic (exact) mass is 1590 g/mol. The van der Waals surface area contributed by atoms with Gasteiger partial charge >= 0.3 is 17.6 Å². The van der Waals surface area contributed by atoms with E-state index in [-0.39, 0.29) is 6.61 Å². The Bertz CT molecular complexity index is 3270. The number of hydrogen-bond donors (Lipinski definition) is 2. The van der Waals surface area contributed by atoms with E-state index in [1.165, 1.54) is 264 Å². The zero-order valence-electron chi connectivity index (χ0n) is 71.5. The first-order valence-corrected chi connectivity index (χ1v) is 45.2. The van der Waals surface area contributed by atoms with Crippen LogP contribution < -0.4 is 34.9 Å². The summed E-state index contributed by atoms with van der Waals surface area (Å²) in [6.45, 7) is 7.62. The van der Waals surface area contributed by atoms with Crippen molar-refractivity contribution in [2.75, 3.05) is 47.8 Å². The maximum atomic E-state index is 14.4. The van der Waals surface area contributed by atoms with E-state index >= 15 is 0 Å². The summed E-state index contributed by atoms with van der Waals surface area (Å²) in [6.07, 6.45) is 56.5. The van der Waals surface area contributed by atoms with Crippen LogP contribution in [0, 0.1) is 0 Å². The lowest BCUT2D eigenvalue weighted by atomic mass is 9.80. The van der Waals surface area contributed by atoms with Crippen LogP contribution >= 0.6 is 0 Å². The van der Waals surface area contributed by atoms with Gasteiger partial charge in [-0.15, -0.1) is 0 Å². The van der Waals surface area contributed by atoms with Crippen LogP contribution in [0.25, 0.3) is 0 Å². The van der Waals surface area contributed by atoms with Gasteiger partial charge in [0.2, 0.25) is 11.9 Å². The van der Waals surface area contributed by atoms with Crippen molar-refractivity contribution < 1.29 is 67.1 Å². The number of carbonyl (C=O) groups is 2. The highest BCUT2D eigenvalue weighted by molar-refractivity contribution is 5.78. The number of rotatable bonds is 71. The van der Waals surface area contributed by atoms with Crippen molar-refractivity contribution in [3.8, 4) is 28.7 Å². The molecule has 2 heterocycles. The molecule has 4 atom stereocenters. The minimum Gasteiger partial charge on any atom is -0.497 e. The average molecular weight is 1590 g/mol. The molecule has 1 saturated heterocycles. The Morgan fingerprint density at radius 1 is 0.456 bits per heavy atom. The molecule has 0 saturated carbocycles. The fraction of sp³-hybridized carbons (Fsp3) is 0.688. The largest absolute Gasteiger partial charge is 0.497 e. The van der Waals surface area contributed by atoms with Gasteiger partial charge in [0.05, 0.1) is 60.6 Å². The Balaban J connectivity index is 1.15. The molecule has 0 bridgehead atoms. The first-order valence-electron chi connectivity index (χ1n) is 45.2. The van der Waals surface area contributed by atoms with E-state index in [2.05, 4.69) is 25.8 Å². The van der Waals surface area contributed by atoms with E-state index < -0.39 is 72.5 Å². The van der Waals surface area contributed by atoms with Gasteiger partial charge in [-0.2, -0.15) is 0 Å². The van der Waals surface area contributed by atoms with Gasteiger partial charge in [-0.3, -0.25) is 23.9 Å². The second-order valence-electron chi connectivity index (χ2n) is 31.8. The number of nitrogens with one attached hydrogen (secondary N) is 1. The van der Waals surface area contributed by atoms with Crippen molar-refractivity contribution >= 4 is 11.9 Å². The Morgan fingerprint density at radius 3 is 1.18 bits per heavy atom. The fourth-order valence-corrected chi connectivity index (χ4v) is 15.6. The molecule has 6 rings (SSSR count). The molecule has 0 amide bonds. The number of carbonyl (C=O) groups excluding carboxylic acids is 2. The number of aromatic nitrogens is 2. The van der Waals surface area contributed by atoms with Crippen LogP contribution in [-0.4, -0.2) is 92.3 Å². The van der Waals surface area contributed by atoms with Gasteiger partial charge in [-0.25, -0.2) is 14.6 Å². The summed E-state index contributed by atoms with van der Waals surface area (Å²) in [5.74, 6) is -1.72. The van der Waals surface area contributed by atoms with Gasteiger partial charge in [0.15, 0.2) is 23.8 Å². The van der Waals surface area contributed by atoms with E-state index in [0.717, 1.165) is 68.4 Å². The molecular formula is C96H150N2O16. The third kappa shape index (κ3) is 36.4. The fourth-order valence-electron chi connectivity index (χ4n) is 15.6. The van der Waals surface area contributed by atoms with Crippen molar-refractivity contribution in [1.82, 2.24) is 9.55 Å². The molecule has 0 spiro atoms. The summed E-state index contributed by atoms with van der Waals surface area (Å²) in [5, 5.41) is 13.1. The molecule has 0 aliphatic carbocycles. The second kappa shape index (κ2) is 59.9. The number of hydrogen-bond acceptors (Lipinski definition) is 16. The molecule has 18 nitrogen and oxygen atoms in total. The molecule has 5 aromatic rings. The normalized spacial score (nSPS) is 15.5. The summed E-state index contributed by atoms with van der Waals surface area (Å²) in [6, 6.07) is 28.9. The summed E-state index contributed by atoms with van der Waals surface area (Å²) < 4.78 is 58.0. The quantitative estimate of drug-likeness (QED) is 0.00926. The first kappa shape index (κ1) is 96.1. The van der Waals surface area contributed by atoms with E-state index in [0.29, 0.717) is 70.8 Å². The molecule has 2 unspecified atom stereocenters. The van der Waals surface area contributed by atoms with Gasteiger partial charge in [0.25, 0.3) is 11.3 Å². The predicted octanol–water partition coefficient (Wildman–Crippen LogP) is 24.1. The molecule has 640 valence electrons. The molecule has 1 aromatic heterocycles. The van der Waals surface area contributed by atoms with Gasteiger partial charge in [0.1, 0.15) is 23.7 Å². The van der Waals surface area contributed by atoms with Crippen molar-refractivity contribution in [2.24, 2.45) is 0 Å². The van der Waals surface area contributed by atoms with E-state index in [4.69, 9.17) is 52.4 Å². The summed E-state index contributed by atoms with van der Waals surface area (Å²) in [5.41, 5.74) is -0.484. The molecule has 1 fully saturated rings. The number of benzene rings is 4. The van der Waals surface area contributed by atoms with Crippen LogP contribution in [0.4, 0.5) is 0 Å². The van der Waals surface area contributed by atoms with Crippen molar-refractivity contribution in [1.29, 1.82) is 0 Å². The number of H-pyrrole nitrogens is 1. The van der Waals surface area contributed by atoms with Gasteiger partial charge in [-0.1, -0.05) is 364 Å². The van der Waals surface area contributed by atoms with Crippen molar-refractivity contribution in [3.63, 3.8) is 0 Å². The molecule has 1 aliphatic heterocycles. The zero-order valence-corrected chi connectivity index (χ0v) is 71.5. The maximum absolute atomic E-state index is 14.4. The summed E-state index contributed by atoms with van der Waals surface area (Å²) >= 11 is 0. The molecule has 1 aliphatic rings. The standard InChI is InChI=1S/C96H150N2O16/c1-7-10-13-16-19-22-25-28-31-34-37-40-43-46-49-55-72-107-85-75-79(76-86(108-73-56-50-47-44-41-38-35-32-29-26-23-20-17-14-11-8-2)91(85)109-74-57-51-48-45-42-39-36-33-30-27-24-21-18-15-12-9-3)77-110-89(100)68-69-90(101)113-96(103)87(112-93(92(96)114-106-6)98-71-70-88(99)97-94(98)102)78-111-95(80-58-53-52-54-59-80,81-60-64-83(104-4)65-61-81)82-62-66-84(105-5)67-63-82/h52-54,58-67,70-71,75-76,87,92-93,103H,7-51,55-57,68-69,72-74,77-78H2,1-6H3,(H,97,99,102)/t87-,92?,93-,96?/m0/s1. The average Bonchev–Trinajstić information content (AvgIpc) is 1.71. The smallest absolute Gasteiger partial charge is 0.330 e. The van der Waals surface area contributed by atoms with Crippen LogP contribution in [0.2, 0.25) is 0 Å². The Morgan fingerprint density at radius 2 is 0.816 bits per heavy atom. The third-order valence-electron chi connectivity index (χ3n) is 22.4. The molecule has 2 N–H and O–H groups in total. The highest BCUT2D eigenvalue weighted by Gasteiger charge is 2.62. The van der Waals surface area contributed by atoms with Crippen LogP contribution in [0.1, 0.15) is 370 Å². The Labute approximate surface area is 686 Å². The number of nitrogens with zero attached hydrogens (tertiary/aromatic N) is 1. The lowest BCUT2D eigenvalue weighted by molar-refractivity contribution is -0.370. The third-order valence-corrected chi connectivity index (χ3v) is 22.4. The SMILES string of the molecule is CCCCCCCCCCCCCCCCCCOc1cc(COC(=O)CCC(=O)OC2(O)C(OOC)[C@@H](n3ccc(=O)[nH]c3=O)O[C@H]2COC(c2ccccc2)(c2ccc(OC)cc2)c2ccc(OC)cc2)cc(OCCCCCCCCCCCCCCCCCC)c1OCCCCCCCCCCCCCCCCCC. The van der Waals surface area contributed by atoms with E-state index in [1.807, 2.05) is 66.7 Å². The van der Waals surface area contributed by atoms with Crippen LogP contribution in [0.15, 0.2) is 113 Å². The first-order chi connectivity index (χ1) is 55.9. The van der Waals surface area contributed by atoms with Crippen molar-refractivity contribution in [3.05, 3.63) is 146 Å². The zero-order chi connectivity index (χ0) is 81.2. The van der Waals surface area contributed by atoms with Gasteiger partial charge in [0, 0.05) is 12.3 Å². The summed E-state index contributed by atoms with van der Waals surface area (Å²) in [7, 11) is 4.32. The van der Waals surface area contributed by atoms with Gasteiger partial charge < -0.3 is 47.7 Å². The molecular weight excluding hydrogens is 1440 g/mol. The van der Waals surface area contributed by atoms with Crippen molar-refractivity contribution in [2.45, 2.75) is 378 Å². The number of aliphatic hydroxyl groups is 1. The lowest BCUT2D eigenvalue weighted by Gasteiger charge is -2.38. The van der Waals surface area contributed by atoms with Crippen LogP contribution in [-0.2, 0) is 50.5 Å². The highest BCUT2D eigenvalue weighted by Crippen LogP contribution is 2.46. The summed E-state index contributed by atoms with van der Waals surface area (Å²) in [4.78, 5) is 67.6. The number of unbranched alkanes of at least 4 members (excludes halogenated alkanes) is 45. The molecule has 18 heteroatoms. The Hall–Kier alpha value is -6.70. The van der Waals surface area contributed by atoms with Crippen LogP contribution in [0.5, 0.6) is 28.7 Å². The molecule has 114 heavy (non-hydrogen) atoms. The minimum absolute atomic E-state index is 0.166. The number of aromatic amines is 1. The number of ether oxygens (including phenoxy) is 9. The van der Waals surface area contributed by atoms with Crippen LogP contribution in [0.3, 0.4) is 0 Å². The van der Waals surface area contributed by atoms with Gasteiger partial charge in [-0.05, 0) is 77.9 Å². The topological polar surface area (TPSA) is 211 Å². The second-order valence-corrected chi connectivity index (χ2v) is 31.8. The maximum Gasteiger partial charge on any atom is 0.330 e.